The number of methoxy groups -OCH3 is 2. The van der Waals surface area contributed by atoms with Crippen molar-refractivity contribution in [2.24, 2.45) is 0 Å². The molecular formula is C13H17BrO4. The number of hydrogen-bond acceptors (Lipinski definition) is 3. The smallest absolute Gasteiger partial charge is 0.304 e. The maximum absolute atomic E-state index is 10.9. The molecule has 0 fully saturated rings. The van der Waals surface area contributed by atoms with E-state index in [1.54, 1.807) is 20.3 Å². The van der Waals surface area contributed by atoms with Crippen LogP contribution >= 0.6 is 15.9 Å². The molecule has 100 valence electrons. The molecular weight excluding hydrogens is 300 g/mol. The third kappa shape index (κ3) is 3.16. The predicted octanol–water partition coefficient (Wildman–Crippen LogP) is 3.22. The molecule has 1 aromatic rings. The van der Waals surface area contributed by atoms with E-state index in [9.17, 15) is 4.79 Å². The van der Waals surface area contributed by atoms with Gasteiger partial charge >= 0.3 is 5.97 Å². The van der Waals surface area contributed by atoms with Gasteiger partial charge in [0.2, 0.25) is 0 Å². The van der Waals surface area contributed by atoms with Gasteiger partial charge in [-0.25, -0.2) is 0 Å². The number of carbonyl (C=O) groups is 1. The molecule has 4 nitrogen and oxygen atoms in total. The van der Waals surface area contributed by atoms with E-state index in [1.807, 2.05) is 19.9 Å². The van der Waals surface area contributed by atoms with Crippen LogP contribution in [0.15, 0.2) is 16.6 Å². The Morgan fingerprint density at radius 2 is 1.94 bits per heavy atom. The van der Waals surface area contributed by atoms with Crippen molar-refractivity contribution in [3.8, 4) is 11.5 Å². The van der Waals surface area contributed by atoms with Crippen molar-refractivity contribution in [1.82, 2.24) is 0 Å². The van der Waals surface area contributed by atoms with Crippen LogP contribution in [0.25, 0.3) is 0 Å². The average Bonchev–Trinajstić information content (AvgIpc) is 2.26. The quantitative estimate of drug-likeness (QED) is 0.906. The molecule has 0 heterocycles. The van der Waals surface area contributed by atoms with Gasteiger partial charge in [-0.3, -0.25) is 4.79 Å². The van der Waals surface area contributed by atoms with Crippen LogP contribution in [0.3, 0.4) is 0 Å². The second-order valence-corrected chi connectivity index (χ2v) is 5.56. The topological polar surface area (TPSA) is 55.8 Å². The van der Waals surface area contributed by atoms with Gasteiger partial charge in [-0.1, -0.05) is 29.8 Å². The van der Waals surface area contributed by atoms with Crippen LogP contribution in [0.2, 0.25) is 0 Å². The minimum absolute atomic E-state index is 0.0168. The van der Waals surface area contributed by atoms with Crippen molar-refractivity contribution in [3.63, 3.8) is 0 Å². The van der Waals surface area contributed by atoms with Crippen molar-refractivity contribution in [2.45, 2.75) is 25.7 Å². The predicted molar refractivity (Wildman–Crippen MR) is 72.5 cm³/mol. The summed E-state index contributed by atoms with van der Waals surface area (Å²) in [7, 11) is 3.10. The van der Waals surface area contributed by atoms with Gasteiger partial charge < -0.3 is 14.6 Å². The van der Waals surface area contributed by atoms with Crippen LogP contribution < -0.4 is 9.47 Å². The van der Waals surface area contributed by atoms with Crippen LogP contribution in [0.4, 0.5) is 0 Å². The van der Waals surface area contributed by atoms with Gasteiger partial charge in [0, 0.05) is 15.5 Å². The molecule has 0 aromatic heterocycles. The molecule has 18 heavy (non-hydrogen) atoms. The standard InChI is InChI=1S/C13H17BrO4/c1-13(2,7-11(15)16)9-5-8(14)6-10(17-3)12(9)18-4/h5-6H,7H2,1-4H3,(H,15,16). The zero-order valence-corrected chi connectivity index (χ0v) is 12.5. The van der Waals surface area contributed by atoms with Gasteiger partial charge in [0.1, 0.15) is 0 Å². The lowest BCUT2D eigenvalue weighted by molar-refractivity contribution is -0.138. The minimum atomic E-state index is -0.846. The Bertz CT molecular complexity index is 455. The average molecular weight is 317 g/mol. The van der Waals surface area contributed by atoms with Crippen molar-refractivity contribution >= 4 is 21.9 Å². The maximum atomic E-state index is 10.9. The first-order valence-corrected chi connectivity index (χ1v) is 6.25. The molecule has 0 atom stereocenters. The van der Waals surface area contributed by atoms with Crippen LogP contribution in [0.1, 0.15) is 25.8 Å². The number of carboxylic acid groups (broad SMARTS) is 1. The third-order valence-electron chi connectivity index (χ3n) is 2.77. The van der Waals surface area contributed by atoms with E-state index in [0.29, 0.717) is 11.5 Å². The summed E-state index contributed by atoms with van der Waals surface area (Å²) < 4.78 is 11.4. The normalized spacial score (nSPS) is 11.2. The monoisotopic (exact) mass is 316 g/mol. The lowest BCUT2D eigenvalue weighted by Gasteiger charge is -2.26. The zero-order chi connectivity index (χ0) is 13.9. The highest BCUT2D eigenvalue weighted by Gasteiger charge is 2.29. The number of benzene rings is 1. The molecule has 0 aliphatic carbocycles. The van der Waals surface area contributed by atoms with Crippen molar-refractivity contribution < 1.29 is 19.4 Å². The fraction of sp³-hybridized carbons (Fsp3) is 0.462. The second kappa shape index (κ2) is 5.61. The summed E-state index contributed by atoms with van der Waals surface area (Å²) in [6, 6.07) is 3.66. The Kier molecular flexibility index (Phi) is 4.62. The molecule has 1 N–H and O–H groups in total. The lowest BCUT2D eigenvalue weighted by Crippen LogP contribution is -2.22. The van der Waals surface area contributed by atoms with E-state index in [1.165, 1.54) is 0 Å². The van der Waals surface area contributed by atoms with Gasteiger partial charge in [-0.2, -0.15) is 0 Å². The summed E-state index contributed by atoms with van der Waals surface area (Å²) in [5, 5.41) is 8.99. The Balaban J connectivity index is 3.38. The van der Waals surface area contributed by atoms with Gasteiger partial charge in [0.05, 0.1) is 20.6 Å². The fourth-order valence-corrected chi connectivity index (χ4v) is 2.34. The molecule has 0 aliphatic rings. The maximum Gasteiger partial charge on any atom is 0.304 e. The largest absolute Gasteiger partial charge is 0.493 e. The van der Waals surface area contributed by atoms with Gasteiger partial charge in [0.25, 0.3) is 0 Å². The van der Waals surface area contributed by atoms with Gasteiger partial charge in [0.15, 0.2) is 11.5 Å². The molecule has 0 aliphatic heterocycles. The van der Waals surface area contributed by atoms with E-state index in [-0.39, 0.29) is 6.42 Å². The summed E-state index contributed by atoms with van der Waals surface area (Å²) in [5.41, 5.74) is 0.257. The third-order valence-corrected chi connectivity index (χ3v) is 3.22. The number of carboxylic acids is 1. The fourth-order valence-electron chi connectivity index (χ4n) is 1.91. The highest BCUT2D eigenvalue weighted by atomic mass is 79.9. The summed E-state index contributed by atoms with van der Waals surface area (Å²) in [6.45, 7) is 3.73. The van der Waals surface area contributed by atoms with Crippen molar-refractivity contribution in [3.05, 3.63) is 22.2 Å². The van der Waals surface area contributed by atoms with Crippen molar-refractivity contribution in [2.75, 3.05) is 14.2 Å². The Hall–Kier alpha value is -1.23. The summed E-state index contributed by atoms with van der Waals surface area (Å²) in [6.07, 6.45) is 0.0168. The molecule has 1 aromatic carbocycles. The molecule has 1 rings (SSSR count). The van der Waals surface area contributed by atoms with E-state index in [0.717, 1.165) is 10.0 Å². The minimum Gasteiger partial charge on any atom is -0.493 e. The molecule has 0 saturated heterocycles. The van der Waals surface area contributed by atoms with Crippen molar-refractivity contribution in [1.29, 1.82) is 0 Å². The molecule has 0 spiro atoms. The molecule has 5 heteroatoms. The second-order valence-electron chi connectivity index (χ2n) is 4.64. The SMILES string of the molecule is COc1cc(Br)cc(C(C)(C)CC(=O)O)c1OC. The Labute approximate surface area is 115 Å². The zero-order valence-electron chi connectivity index (χ0n) is 10.9. The first-order valence-electron chi connectivity index (χ1n) is 5.45. The summed E-state index contributed by atoms with van der Waals surface area (Å²) in [5.74, 6) is 0.313. The van der Waals surface area contributed by atoms with E-state index >= 15 is 0 Å². The van der Waals surface area contributed by atoms with Crippen LogP contribution in [0.5, 0.6) is 11.5 Å². The summed E-state index contributed by atoms with van der Waals surface area (Å²) in [4.78, 5) is 10.9. The number of hydrogen-bond donors (Lipinski definition) is 1. The molecule has 0 unspecified atom stereocenters. The van der Waals surface area contributed by atoms with Crippen LogP contribution in [-0.2, 0) is 10.2 Å². The molecule has 0 radical (unpaired) electrons. The van der Waals surface area contributed by atoms with E-state index in [2.05, 4.69) is 15.9 Å². The molecule has 0 amide bonds. The highest BCUT2D eigenvalue weighted by molar-refractivity contribution is 9.10. The highest BCUT2D eigenvalue weighted by Crippen LogP contribution is 2.42. The lowest BCUT2D eigenvalue weighted by atomic mass is 9.81. The van der Waals surface area contributed by atoms with E-state index < -0.39 is 11.4 Å². The van der Waals surface area contributed by atoms with Gasteiger partial charge in [-0.15, -0.1) is 0 Å². The van der Waals surface area contributed by atoms with Gasteiger partial charge in [-0.05, 0) is 12.1 Å². The first kappa shape index (κ1) is 14.8. The Morgan fingerprint density at radius 1 is 1.33 bits per heavy atom. The number of ether oxygens (including phenoxy) is 2. The molecule has 0 saturated carbocycles. The number of rotatable bonds is 5. The molecule has 0 bridgehead atoms. The van der Waals surface area contributed by atoms with Crippen LogP contribution in [0, 0.1) is 0 Å². The van der Waals surface area contributed by atoms with Crippen LogP contribution in [-0.4, -0.2) is 25.3 Å². The summed E-state index contributed by atoms with van der Waals surface area (Å²) >= 11 is 3.39. The number of aliphatic carboxylic acids is 1. The number of halogens is 1. The first-order chi connectivity index (χ1) is 8.31. The van der Waals surface area contributed by atoms with E-state index in [4.69, 9.17) is 14.6 Å². The Morgan fingerprint density at radius 3 is 2.39 bits per heavy atom.